The van der Waals surface area contributed by atoms with E-state index in [9.17, 15) is 40.2 Å². The zero-order valence-electron chi connectivity index (χ0n) is 31.9. The monoisotopic (exact) mass is 700 g/mol. The zero-order chi connectivity index (χ0) is 37.4. The van der Waals surface area contributed by atoms with Crippen molar-refractivity contribution in [3.8, 4) is 0 Å². The maximum absolute atomic E-state index is 14.3. The molecule has 3 heterocycles. The van der Waals surface area contributed by atoms with Gasteiger partial charge in [-0.05, 0) is 57.8 Å². The molecule has 0 bridgehead atoms. The molecule has 11 nitrogen and oxygen atoms in total. The molecule has 0 spiro atoms. The molecule has 3 aliphatic heterocycles. The number of rotatable bonds is 16. The third-order valence-electron chi connectivity index (χ3n) is 13.1. The van der Waals surface area contributed by atoms with E-state index in [1.807, 2.05) is 48.5 Å². The summed E-state index contributed by atoms with van der Waals surface area (Å²) in [7, 11) is 0. The van der Waals surface area contributed by atoms with Gasteiger partial charge >= 0.3 is 5.97 Å². The van der Waals surface area contributed by atoms with Gasteiger partial charge in [0.05, 0.1) is 36.1 Å². The Morgan fingerprint density at radius 1 is 0.918 bits per heavy atom. The van der Waals surface area contributed by atoms with Crippen LogP contribution in [-0.2, 0) is 23.8 Å². The fourth-order valence-corrected chi connectivity index (χ4v) is 9.82. The number of carbonyl (C=O) groups is 2. The summed E-state index contributed by atoms with van der Waals surface area (Å²) >= 11 is 0. The second-order valence-corrected chi connectivity index (χ2v) is 16.2. The molecule has 17 atom stereocenters. The van der Waals surface area contributed by atoms with Gasteiger partial charge in [0.1, 0.15) is 17.3 Å². The molecule has 0 aromatic heterocycles. The van der Waals surface area contributed by atoms with Crippen LogP contribution >= 0.6 is 0 Å². The molecule has 0 radical (unpaired) electrons. The first-order chi connectivity index (χ1) is 22.7. The Morgan fingerprint density at radius 3 is 2.02 bits per heavy atom. The number of carboxylic acid groups (broad SMARTS) is 1. The number of Topliss-reactive ketones (excluding diaryl/α,β-unsaturated/α-hetero) is 1. The third-order valence-corrected chi connectivity index (χ3v) is 13.1. The van der Waals surface area contributed by atoms with E-state index in [0.717, 1.165) is 6.42 Å². The lowest BCUT2D eigenvalue weighted by Gasteiger charge is -2.52. The highest BCUT2D eigenvalue weighted by Crippen LogP contribution is 2.56. The predicted molar refractivity (Wildman–Crippen MR) is 184 cm³/mol. The highest BCUT2D eigenvalue weighted by Gasteiger charge is 2.67. The maximum atomic E-state index is 14.3. The fraction of sp³-hybridized carbons (Fsp3) is 0.947. The molecule has 0 amide bonds. The van der Waals surface area contributed by atoms with Gasteiger partial charge in [-0.15, -0.1) is 0 Å². The van der Waals surface area contributed by atoms with E-state index in [1.165, 1.54) is 0 Å². The van der Waals surface area contributed by atoms with Gasteiger partial charge in [-0.1, -0.05) is 75.7 Å². The van der Waals surface area contributed by atoms with Crippen molar-refractivity contribution >= 4 is 11.8 Å². The Balaban J connectivity index is 1.85. The van der Waals surface area contributed by atoms with Crippen molar-refractivity contribution in [2.45, 2.75) is 181 Å². The molecule has 0 aliphatic carbocycles. The maximum Gasteiger partial charge on any atom is 0.311 e. The van der Waals surface area contributed by atoms with Gasteiger partial charge in [-0.3, -0.25) is 9.59 Å². The fourth-order valence-electron chi connectivity index (χ4n) is 9.82. The molecule has 0 aromatic carbocycles. The number of ether oxygens (including phenoxy) is 3. The Kier molecular flexibility index (Phi) is 13.6. The average Bonchev–Trinajstić information content (AvgIpc) is 3.52. The van der Waals surface area contributed by atoms with Crippen molar-refractivity contribution in [1.29, 1.82) is 0 Å². The summed E-state index contributed by atoms with van der Waals surface area (Å²) in [4.78, 5) is 26.4. The summed E-state index contributed by atoms with van der Waals surface area (Å²) in [6.45, 7) is 20.0. The minimum atomic E-state index is -2.16. The minimum Gasteiger partial charge on any atom is -0.481 e. The second-order valence-electron chi connectivity index (χ2n) is 16.2. The lowest BCUT2D eigenvalue weighted by molar-refractivity contribution is -0.348. The summed E-state index contributed by atoms with van der Waals surface area (Å²) < 4.78 is 19.4. The van der Waals surface area contributed by atoms with Crippen LogP contribution in [0.25, 0.3) is 0 Å². The SMILES string of the molecule is CCC[C@H](O)[C@]1(CC)C[C@H](C)[C@](O)([C@]2(C)C[C@H](C)[C@H]([C@H](CC)C(=O)[C@H](C)[C@H](O)[C@H](C)[C@@H]3O[C@](O)([C@H](CC)C(=O)O)[C@H](C)[C@@H](O)[C@H]3CC)O2)O1. The van der Waals surface area contributed by atoms with Crippen molar-refractivity contribution in [2.24, 2.45) is 47.3 Å². The molecule has 3 saturated heterocycles. The van der Waals surface area contributed by atoms with Crippen LogP contribution in [0.5, 0.6) is 0 Å². The van der Waals surface area contributed by atoms with E-state index in [4.69, 9.17) is 14.2 Å². The van der Waals surface area contributed by atoms with E-state index in [-0.39, 0.29) is 24.0 Å². The van der Waals surface area contributed by atoms with Crippen molar-refractivity contribution in [1.82, 2.24) is 0 Å². The molecule has 3 rings (SSSR count). The van der Waals surface area contributed by atoms with Crippen molar-refractivity contribution in [3.63, 3.8) is 0 Å². The lowest BCUT2D eigenvalue weighted by atomic mass is 9.69. The van der Waals surface area contributed by atoms with Crippen LogP contribution in [0, 0.1) is 47.3 Å². The van der Waals surface area contributed by atoms with Crippen molar-refractivity contribution in [3.05, 3.63) is 0 Å². The second kappa shape index (κ2) is 15.8. The van der Waals surface area contributed by atoms with Crippen LogP contribution in [0.15, 0.2) is 0 Å². The summed E-state index contributed by atoms with van der Waals surface area (Å²) in [6.07, 6.45) is -0.779. The quantitative estimate of drug-likeness (QED) is 0.132. The normalized spacial score (nSPS) is 43.5. The number of ketones is 1. The van der Waals surface area contributed by atoms with Gasteiger partial charge in [0, 0.05) is 35.5 Å². The molecule has 286 valence electrons. The first kappa shape index (κ1) is 42.2. The molecule has 11 heteroatoms. The van der Waals surface area contributed by atoms with Gasteiger partial charge in [-0.25, -0.2) is 0 Å². The molecule has 0 aromatic rings. The van der Waals surface area contributed by atoms with Crippen LogP contribution in [0.2, 0.25) is 0 Å². The van der Waals surface area contributed by atoms with Crippen LogP contribution < -0.4 is 0 Å². The molecular formula is C38H68O11. The highest BCUT2D eigenvalue weighted by molar-refractivity contribution is 5.84. The van der Waals surface area contributed by atoms with Crippen LogP contribution in [-0.4, -0.2) is 95.7 Å². The van der Waals surface area contributed by atoms with E-state index >= 15 is 0 Å². The Bertz CT molecular complexity index is 1130. The van der Waals surface area contributed by atoms with E-state index < -0.39 is 94.8 Å². The molecular weight excluding hydrogens is 632 g/mol. The van der Waals surface area contributed by atoms with Gasteiger partial charge in [0.2, 0.25) is 0 Å². The summed E-state index contributed by atoms with van der Waals surface area (Å²) in [5.74, 6) is -10.7. The molecule has 6 N–H and O–H groups in total. The molecule has 49 heavy (non-hydrogen) atoms. The van der Waals surface area contributed by atoms with Crippen LogP contribution in [0.1, 0.15) is 128 Å². The smallest absolute Gasteiger partial charge is 0.311 e. The number of carboxylic acids is 1. The van der Waals surface area contributed by atoms with Gasteiger partial charge in [0.25, 0.3) is 0 Å². The average molecular weight is 701 g/mol. The van der Waals surface area contributed by atoms with Crippen molar-refractivity contribution in [2.75, 3.05) is 0 Å². The van der Waals surface area contributed by atoms with Gasteiger partial charge < -0.3 is 44.8 Å². The summed E-state index contributed by atoms with van der Waals surface area (Å²) in [6, 6.07) is 0. The van der Waals surface area contributed by atoms with E-state index in [2.05, 4.69) is 0 Å². The topological polar surface area (TPSA) is 183 Å². The number of aliphatic hydroxyl groups is 5. The number of aliphatic hydroxyl groups excluding tert-OH is 3. The Hall–Kier alpha value is -1.18. The van der Waals surface area contributed by atoms with Crippen LogP contribution in [0.4, 0.5) is 0 Å². The summed E-state index contributed by atoms with van der Waals surface area (Å²) in [5.41, 5.74) is -2.05. The predicted octanol–water partition coefficient (Wildman–Crippen LogP) is 4.67. The third kappa shape index (κ3) is 7.26. The number of hydrogen-bond donors (Lipinski definition) is 6. The minimum absolute atomic E-state index is 0.0760. The first-order valence-corrected chi connectivity index (χ1v) is 19.0. The largest absolute Gasteiger partial charge is 0.481 e. The van der Waals surface area contributed by atoms with E-state index in [0.29, 0.717) is 38.5 Å². The number of carbonyl (C=O) groups excluding carboxylic acids is 1. The zero-order valence-corrected chi connectivity index (χ0v) is 31.9. The van der Waals surface area contributed by atoms with E-state index in [1.54, 1.807) is 27.7 Å². The number of aliphatic carboxylic acids is 1. The number of hydrogen-bond acceptors (Lipinski definition) is 10. The molecule has 3 aliphatic rings. The van der Waals surface area contributed by atoms with Crippen molar-refractivity contribution < 1.29 is 54.4 Å². The summed E-state index contributed by atoms with van der Waals surface area (Å²) in [5, 5.41) is 67.8. The Labute approximate surface area is 294 Å². The standard InChI is InChI=1S/C38H68O11/c1-12-17-28(39)36(16-5)19-21(7)38(46,49-36)35(11)18-20(6)32(47-35)25(13-2)30(41)22(8)29(40)23(9)33-26(14-3)31(42)24(10)37(45,48-33)27(15-4)34(43)44/h20-29,31-33,39-40,42,45-46H,12-19H2,1-11H3,(H,43,44)/t20-,21-,22+,23-,24+,25+,26+,27+,28-,29-,31+,32+,33-,35-,36-,37-,38+/m0/s1. The first-order valence-electron chi connectivity index (χ1n) is 19.0. The molecule has 3 fully saturated rings. The molecule has 0 saturated carbocycles. The highest BCUT2D eigenvalue weighted by atomic mass is 16.7. The Morgan fingerprint density at radius 2 is 1.53 bits per heavy atom. The molecule has 0 unspecified atom stereocenters. The van der Waals surface area contributed by atoms with Gasteiger partial charge in [0.15, 0.2) is 11.6 Å². The van der Waals surface area contributed by atoms with Crippen LogP contribution in [0.3, 0.4) is 0 Å². The van der Waals surface area contributed by atoms with Gasteiger partial charge in [-0.2, -0.15) is 0 Å². The lowest BCUT2D eigenvalue weighted by Crippen LogP contribution is -2.64.